The molecule has 2 aromatic carbocycles. The number of amides is 2. The SMILES string of the molecule is CN(C)C=O.COc1ccc(NC(=O)CSc2nc(-c3ccc4c(c3)OCO4)ccc2C#N)cc1OC. The van der Waals surface area contributed by atoms with E-state index in [1.165, 1.54) is 23.8 Å². The van der Waals surface area contributed by atoms with Crippen molar-refractivity contribution in [2.24, 2.45) is 0 Å². The van der Waals surface area contributed by atoms with Crippen LogP contribution in [0.3, 0.4) is 0 Å². The fourth-order valence-corrected chi connectivity index (χ4v) is 3.87. The highest BCUT2D eigenvalue weighted by atomic mass is 32.2. The summed E-state index contributed by atoms with van der Waals surface area (Å²) < 4.78 is 21.2. The summed E-state index contributed by atoms with van der Waals surface area (Å²) in [4.78, 5) is 27.9. The van der Waals surface area contributed by atoms with Gasteiger partial charge in [-0.15, -0.1) is 0 Å². The van der Waals surface area contributed by atoms with Gasteiger partial charge >= 0.3 is 0 Å². The minimum atomic E-state index is -0.235. The Morgan fingerprint density at radius 2 is 1.84 bits per heavy atom. The number of anilines is 1. The number of nitrogens with zero attached hydrogens (tertiary/aromatic N) is 3. The molecule has 1 aromatic heterocycles. The van der Waals surface area contributed by atoms with Crippen LogP contribution in [0.1, 0.15) is 5.56 Å². The number of benzene rings is 2. The summed E-state index contributed by atoms with van der Waals surface area (Å²) in [5, 5.41) is 12.7. The number of ether oxygens (including phenoxy) is 4. The van der Waals surface area contributed by atoms with Crippen LogP contribution in [0.4, 0.5) is 5.69 Å². The molecule has 11 heteroatoms. The van der Waals surface area contributed by atoms with Crippen molar-refractivity contribution in [2.75, 3.05) is 46.2 Å². The van der Waals surface area contributed by atoms with Gasteiger partial charge in [-0.1, -0.05) is 11.8 Å². The van der Waals surface area contributed by atoms with E-state index in [-0.39, 0.29) is 18.5 Å². The molecule has 0 radical (unpaired) electrons. The van der Waals surface area contributed by atoms with Crippen molar-refractivity contribution >= 4 is 29.8 Å². The Hall–Kier alpha value is -4.43. The summed E-state index contributed by atoms with van der Waals surface area (Å²) >= 11 is 1.19. The van der Waals surface area contributed by atoms with Crippen LogP contribution in [0, 0.1) is 11.3 Å². The molecular weight excluding hydrogens is 496 g/mol. The molecule has 1 aliphatic heterocycles. The van der Waals surface area contributed by atoms with Crippen LogP contribution in [-0.4, -0.2) is 63.1 Å². The van der Waals surface area contributed by atoms with E-state index in [9.17, 15) is 14.9 Å². The van der Waals surface area contributed by atoms with Crippen LogP contribution in [-0.2, 0) is 9.59 Å². The summed E-state index contributed by atoms with van der Waals surface area (Å²) in [7, 11) is 6.45. The second kappa shape index (κ2) is 13.0. The van der Waals surface area contributed by atoms with Gasteiger partial charge in [-0.3, -0.25) is 9.59 Å². The van der Waals surface area contributed by atoms with Gasteiger partial charge in [-0.25, -0.2) is 4.98 Å². The number of nitriles is 1. The normalized spacial score (nSPS) is 10.9. The maximum Gasteiger partial charge on any atom is 0.234 e. The van der Waals surface area contributed by atoms with E-state index in [1.807, 2.05) is 18.2 Å². The number of nitrogens with one attached hydrogen (secondary N) is 1. The largest absolute Gasteiger partial charge is 0.493 e. The Balaban J connectivity index is 0.000000695. The number of carbonyl (C=O) groups is 2. The molecule has 1 N–H and O–H groups in total. The molecule has 1 aliphatic rings. The average molecular weight is 523 g/mol. The highest BCUT2D eigenvalue weighted by Crippen LogP contribution is 2.36. The molecular formula is C26H26N4O6S. The van der Waals surface area contributed by atoms with Crippen LogP contribution in [0.25, 0.3) is 11.3 Å². The molecule has 0 aliphatic carbocycles. The molecule has 0 spiro atoms. The number of rotatable bonds is 8. The summed E-state index contributed by atoms with van der Waals surface area (Å²) in [6.45, 7) is 0.190. The maximum atomic E-state index is 12.5. The molecule has 10 nitrogen and oxygen atoms in total. The van der Waals surface area contributed by atoms with Crippen molar-refractivity contribution in [3.8, 4) is 40.3 Å². The second-order valence-corrected chi connectivity index (χ2v) is 8.67. The molecule has 4 rings (SSSR count). The summed E-state index contributed by atoms with van der Waals surface area (Å²) in [6, 6.07) is 16.2. The molecule has 2 amide bonds. The predicted octanol–water partition coefficient (Wildman–Crippen LogP) is 3.80. The van der Waals surface area contributed by atoms with Crippen molar-refractivity contribution in [1.82, 2.24) is 9.88 Å². The standard InChI is InChI=1S/C23H19N3O5S.C3H7NO/c1-28-18-8-5-16(10-20(18)29-2)25-22(27)12-32-23-15(11-24)3-6-17(26-23)14-4-7-19-21(9-14)31-13-30-19;1-4(2)3-5/h3-10H,12-13H2,1-2H3,(H,25,27);3H,1-2H3. The highest BCUT2D eigenvalue weighted by Gasteiger charge is 2.16. The fourth-order valence-electron chi connectivity index (χ4n) is 3.10. The third-order valence-corrected chi connectivity index (χ3v) is 5.86. The lowest BCUT2D eigenvalue weighted by Crippen LogP contribution is -2.14. The number of methoxy groups -OCH3 is 2. The van der Waals surface area contributed by atoms with E-state index < -0.39 is 0 Å². The van der Waals surface area contributed by atoms with E-state index in [1.54, 1.807) is 51.5 Å². The number of fused-ring (bicyclic) bond motifs is 1. The van der Waals surface area contributed by atoms with Gasteiger partial charge < -0.3 is 29.2 Å². The quantitative estimate of drug-likeness (QED) is 0.347. The number of hydrogen-bond donors (Lipinski definition) is 1. The zero-order valence-corrected chi connectivity index (χ0v) is 21.6. The zero-order valence-electron chi connectivity index (χ0n) is 20.8. The maximum absolute atomic E-state index is 12.5. The molecule has 2 heterocycles. The van der Waals surface area contributed by atoms with Gasteiger partial charge in [0.25, 0.3) is 0 Å². The zero-order chi connectivity index (χ0) is 26.8. The predicted molar refractivity (Wildman–Crippen MR) is 139 cm³/mol. The van der Waals surface area contributed by atoms with E-state index in [4.69, 9.17) is 18.9 Å². The molecule has 3 aromatic rings. The average Bonchev–Trinajstić information content (AvgIpc) is 3.40. The molecule has 37 heavy (non-hydrogen) atoms. The smallest absolute Gasteiger partial charge is 0.234 e. The van der Waals surface area contributed by atoms with E-state index >= 15 is 0 Å². The molecule has 0 saturated carbocycles. The Kier molecular flexibility index (Phi) is 9.57. The summed E-state index contributed by atoms with van der Waals surface area (Å²) in [5.74, 6) is 2.27. The van der Waals surface area contributed by atoms with Crippen molar-refractivity contribution in [1.29, 1.82) is 5.26 Å². The highest BCUT2D eigenvalue weighted by molar-refractivity contribution is 8.00. The lowest BCUT2D eigenvalue weighted by Gasteiger charge is -2.11. The van der Waals surface area contributed by atoms with Crippen LogP contribution in [0.5, 0.6) is 23.0 Å². The molecule has 0 atom stereocenters. The lowest BCUT2D eigenvalue weighted by molar-refractivity contribution is -0.116. The summed E-state index contributed by atoms with van der Waals surface area (Å²) in [6.07, 6.45) is 0.750. The summed E-state index contributed by atoms with van der Waals surface area (Å²) in [5.41, 5.74) is 2.48. The Labute approximate surface area is 219 Å². The lowest BCUT2D eigenvalue weighted by atomic mass is 10.1. The van der Waals surface area contributed by atoms with Gasteiger partial charge in [0.05, 0.1) is 31.2 Å². The van der Waals surface area contributed by atoms with E-state index in [0.29, 0.717) is 45.0 Å². The van der Waals surface area contributed by atoms with Gasteiger partial charge in [0.1, 0.15) is 11.1 Å². The number of pyridine rings is 1. The Morgan fingerprint density at radius 3 is 2.51 bits per heavy atom. The third-order valence-electron chi connectivity index (χ3n) is 4.87. The Morgan fingerprint density at radius 1 is 1.11 bits per heavy atom. The first-order valence-electron chi connectivity index (χ1n) is 11.0. The monoisotopic (exact) mass is 522 g/mol. The van der Waals surface area contributed by atoms with Gasteiger partial charge in [-0.2, -0.15) is 5.26 Å². The number of aromatic nitrogens is 1. The van der Waals surface area contributed by atoms with Crippen LogP contribution in [0.15, 0.2) is 53.6 Å². The van der Waals surface area contributed by atoms with Crippen molar-refractivity contribution in [3.63, 3.8) is 0 Å². The molecule has 0 saturated heterocycles. The minimum absolute atomic E-state index is 0.0839. The van der Waals surface area contributed by atoms with Crippen molar-refractivity contribution < 1.29 is 28.5 Å². The van der Waals surface area contributed by atoms with Crippen LogP contribution >= 0.6 is 11.8 Å². The van der Waals surface area contributed by atoms with Gasteiger partial charge in [0.15, 0.2) is 23.0 Å². The second-order valence-electron chi connectivity index (χ2n) is 7.70. The number of carbonyl (C=O) groups excluding carboxylic acids is 2. The number of hydrogen-bond acceptors (Lipinski definition) is 9. The topological polar surface area (TPSA) is 123 Å². The first-order chi connectivity index (χ1) is 17.9. The minimum Gasteiger partial charge on any atom is -0.493 e. The Bertz CT molecular complexity index is 1310. The van der Waals surface area contributed by atoms with Crippen LogP contribution in [0.2, 0.25) is 0 Å². The van der Waals surface area contributed by atoms with Gasteiger partial charge in [-0.05, 0) is 42.5 Å². The van der Waals surface area contributed by atoms with Gasteiger partial charge in [0, 0.05) is 31.4 Å². The molecule has 192 valence electrons. The van der Waals surface area contributed by atoms with Gasteiger partial charge in [0.2, 0.25) is 19.1 Å². The fraction of sp³-hybridized carbons (Fsp3) is 0.231. The van der Waals surface area contributed by atoms with Crippen molar-refractivity contribution in [3.05, 3.63) is 54.1 Å². The third kappa shape index (κ3) is 7.28. The number of thioether (sulfide) groups is 1. The van der Waals surface area contributed by atoms with E-state index in [2.05, 4.69) is 16.4 Å². The van der Waals surface area contributed by atoms with Crippen molar-refractivity contribution in [2.45, 2.75) is 5.03 Å². The first-order valence-corrected chi connectivity index (χ1v) is 11.9. The van der Waals surface area contributed by atoms with E-state index in [0.717, 1.165) is 12.0 Å². The molecule has 0 unspecified atom stereocenters. The first kappa shape index (κ1) is 27.2. The van der Waals surface area contributed by atoms with Crippen LogP contribution < -0.4 is 24.3 Å². The molecule has 0 bridgehead atoms. The molecule has 0 fully saturated rings.